The summed E-state index contributed by atoms with van der Waals surface area (Å²) < 4.78 is 0. The Labute approximate surface area is 168 Å². The Morgan fingerprint density at radius 1 is 1.24 bits per heavy atom. The molecule has 1 fully saturated rings. The molecule has 4 N–H and O–H groups in total. The van der Waals surface area contributed by atoms with Crippen LogP contribution < -0.4 is 10.8 Å². The van der Waals surface area contributed by atoms with Crippen LogP contribution in [-0.2, 0) is 9.59 Å². The van der Waals surface area contributed by atoms with Crippen LogP contribution in [-0.4, -0.2) is 76.8 Å². The highest BCUT2D eigenvalue weighted by Crippen LogP contribution is 2.26. The minimum Gasteiger partial charge on any atom is -0.465 e. The zero-order chi connectivity index (χ0) is 21.0. The largest absolute Gasteiger partial charge is 0.465 e. The second-order valence-corrected chi connectivity index (χ2v) is 7.38. The molecule has 0 radical (unpaired) electrons. The van der Waals surface area contributed by atoms with Gasteiger partial charge in [0.15, 0.2) is 0 Å². The van der Waals surface area contributed by atoms with Crippen molar-refractivity contribution in [3.63, 3.8) is 0 Å². The topological polar surface area (TPSA) is 122 Å². The number of hydrogen-bond acceptors (Lipinski definition) is 5. The number of nitrogens with one attached hydrogen (secondary N) is 2. The van der Waals surface area contributed by atoms with Gasteiger partial charge in [-0.3, -0.25) is 14.8 Å². The molecule has 2 aliphatic heterocycles. The SMILES string of the molecule is CN(C(=O)O)C1CN[C@H](C(=O)N2CC=C(c3ccccc3)CC2)[C@@H](C(=O)NO)C1. The number of nitrogens with zero attached hydrogens (tertiary/aromatic N) is 2. The lowest BCUT2D eigenvalue weighted by Crippen LogP contribution is -2.62. The minimum atomic E-state index is -1.11. The standard InChI is InChI=1S/C20H26N4O5/c1-23(20(27)28)15-11-16(18(25)22-29)17(21-12-15)19(26)24-9-7-14(8-10-24)13-5-3-2-4-6-13/h2-7,15-17,21,29H,8-12H2,1H3,(H,22,25)(H,27,28)/t15?,16-,17-/m0/s1. The van der Waals surface area contributed by atoms with Crippen LogP contribution in [0.2, 0.25) is 0 Å². The summed E-state index contributed by atoms with van der Waals surface area (Å²) in [5.74, 6) is -1.79. The summed E-state index contributed by atoms with van der Waals surface area (Å²) in [6, 6.07) is 8.69. The Morgan fingerprint density at radius 3 is 2.55 bits per heavy atom. The number of carboxylic acid groups (broad SMARTS) is 1. The molecule has 0 bridgehead atoms. The predicted octanol–water partition coefficient (Wildman–Crippen LogP) is 0.764. The van der Waals surface area contributed by atoms with Crippen molar-refractivity contribution in [1.29, 1.82) is 0 Å². The van der Waals surface area contributed by atoms with E-state index in [1.54, 1.807) is 10.4 Å². The second-order valence-electron chi connectivity index (χ2n) is 7.38. The number of carbonyl (C=O) groups is 3. The number of rotatable bonds is 4. The van der Waals surface area contributed by atoms with Gasteiger partial charge in [-0.05, 0) is 24.0 Å². The summed E-state index contributed by atoms with van der Waals surface area (Å²) in [5, 5.41) is 21.3. The molecule has 1 unspecified atom stereocenters. The Hall–Kier alpha value is -2.91. The maximum absolute atomic E-state index is 13.1. The van der Waals surface area contributed by atoms with Crippen LogP contribution in [0.1, 0.15) is 18.4 Å². The number of carbonyl (C=O) groups excluding carboxylic acids is 2. The van der Waals surface area contributed by atoms with Gasteiger partial charge in [0.05, 0.1) is 12.0 Å². The fourth-order valence-electron chi connectivity index (χ4n) is 3.95. The third kappa shape index (κ3) is 4.57. The number of benzene rings is 1. The summed E-state index contributed by atoms with van der Waals surface area (Å²) >= 11 is 0. The van der Waals surface area contributed by atoms with Crippen molar-refractivity contribution >= 4 is 23.5 Å². The van der Waals surface area contributed by atoms with E-state index in [0.29, 0.717) is 19.5 Å². The van der Waals surface area contributed by atoms with Crippen LogP contribution in [0.4, 0.5) is 4.79 Å². The van der Waals surface area contributed by atoms with E-state index >= 15 is 0 Å². The zero-order valence-corrected chi connectivity index (χ0v) is 16.2. The first kappa shape index (κ1) is 20.8. The third-order valence-electron chi connectivity index (χ3n) is 5.73. The molecule has 3 atom stereocenters. The van der Waals surface area contributed by atoms with E-state index in [-0.39, 0.29) is 18.9 Å². The highest BCUT2D eigenvalue weighted by atomic mass is 16.5. The molecule has 1 aromatic rings. The normalized spacial score (nSPS) is 24.4. The van der Waals surface area contributed by atoms with Gasteiger partial charge in [0.2, 0.25) is 11.8 Å². The van der Waals surface area contributed by atoms with Gasteiger partial charge in [0.25, 0.3) is 0 Å². The Kier molecular flexibility index (Phi) is 6.50. The second kappa shape index (κ2) is 9.06. The van der Waals surface area contributed by atoms with Crippen molar-refractivity contribution in [3.05, 3.63) is 42.0 Å². The Balaban J connectivity index is 1.70. The summed E-state index contributed by atoms with van der Waals surface area (Å²) in [4.78, 5) is 39.3. The highest BCUT2D eigenvalue weighted by Gasteiger charge is 2.42. The highest BCUT2D eigenvalue weighted by molar-refractivity contribution is 5.90. The number of likely N-dealkylation sites (N-methyl/N-ethyl adjacent to an activating group) is 1. The van der Waals surface area contributed by atoms with Crippen LogP contribution in [0.15, 0.2) is 36.4 Å². The van der Waals surface area contributed by atoms with Gasteiger partial charge in [-0.2, -0.15) is 0 Å². The van der Waals surface area contributed by atoms with E-state index in [1.165, 1.54) is 12.6 Å². The van der Waals surface area contributed by atoms with E-state index < -0.39 is 30.0 Å². The predicted molar refractivity (Wildman–Crippen MR) is 105 cm³/mol. The van der Waals surface area contributed by atoms with E-state index in [4.69, 9.17) is 5.21 Å². The summed E-state index contributed by atoms with van der Waals surface area (Å²) in [5.41, 5.74) is 3.92. The monoisotopic (exact) mass is 402 g/mol. The Morgan fingerprint density at radius 2 is 1.97 bits per heavy atom. The van der Waals surface area contributed by atoms with Crippen molar-refractivity contribution < 1.29 is 24.7 Å². The molecule has 9 heteroatoms. The molecule has 0 aromatic heterocycles. The van der Waals surface area contributed by atoms with Crippen LogP contribution in [0, 0.1) is 5.92 Å². The van der Waals surface area contributed by atoms with Gasteiger partial charge >= 0.3 is 6.09 Å². The zero-order valence-electron chi connectivity index (χ0n) is 16.2. The maximum atomic E-state index is 13.1. The van der Waals surface area contributed by atoms with Crippen molar-refractivity contribution in [3.8, 4) is 0 Å². The first-order chi connectivity index (χ1) is 13.9. The van der Waals surface area contributed by atoms with Gasteiger partial charge in [-0.1, -0.05) is 36.4 Å². The van der Waals surface area contributed by atoms with Gasteiger partial charge in [0.1, 0.15) is 0 Å². The van der Waals surface area contributed by atoms with Crippen molar-refractivity contribution in [2.24, 2.45) is 5.92 Å². The van der Waals surface area contributed by atoms with Crippen LogP contribution in [0.5, 0.6) is 0 Å². The molecule has 3 amide bonds. The lowest BCUT2D eigenvalue weighted by atomic mass is 9.86. The molecule has 2 aliphatic rings. The molecule has 1 saturated heterocycles. The van der Waals surface area contributed by atoms with Crippen LogP contribution in [0.3, 0.4) is 0 Å². The number of piperidine rings is 1. The molecule has 0 spiro atoms. The van der Waals surface area contributed by atoms with Gasteiger partial charge < -0.3 is 20.2 Å². The lowest BCUT2D eigenvalue weighted by molar-refractivity contribution is -0.144. The molecule has 0 saturated carbocycles. The van der Waals surface area contributed by atoms with Crippen LogP contribution >= 0.6 is 0 Å². The fourth-order valence-corrected chi connectivity index (χ4v) is 3.95. The molecule has 9 nitrogen and oxygen atoms in total. The maximum Gasteiger partial charge on any atom is 0.407 e. The molecular formula is C20H26N4O5. The summed E-state index contributed by atoms with van der Waals surface area (Å²) in [6.07, 6.45) is 1.77. The number of hydroxylamine groups is 1. The lowest BCUT2D eigenvalue weighted by Gasteiger charge is -2.40. The van der Waals surface area contributed by atoms with Gasteiger partial charge in [-0.25, -0.2) is 10.3 Å². The van der Waals surface area contributed by atoms with Crippen molar-refractivity contribution in [2.75, 3.05) is 26.7 Å². The molecule has 156 valence electrons. The fraction of sp³-hybridized carbons (Fsp3) is 0.450. The summed E-state index contributed by atoms with van der Waals surface area (Å²) in [7, 11) is 1.42. The average molecular weight is 402 g/mol. The molecule has 29 heavy (non-hydrogen) atoms. The van der Waals surface area contributed by atoms with Gasteiger partial charge in [0, 0.05) is 32.7 Å². The third-order valence-corrected chi connectivity index (χ3v) is 5.73. The van der Waals surface area contributed by atoms with E-state index in [9.17, 15) is 19.5 Å². The molecule has 2 heterocycles. The van der Waals surface area contributed by atoms with E-state index in [0.717, 1.165) is 10.5 Å². The average Bonchev–Trinajstić information content (AvgIpc) is 2.77. The van der Waals surface area contributed by atoms with E-state index in [1.807, 2.05) is 36.4 Å². The molecular weight excluding hydrogens is 376 g/mol. The van der Waals surface area contributed by atoms with Crippen molar-refractivity contribution in [1.82, 2.24) is 20.6 Å². The molecule has 0 aliphatic carbocycles. The molecule has 1 aromatic carbocycles. The quantitative estimate of drug-likeness (QED) is 0.436. The first-order valence-electron chi connectivity index (χ1n) is 9.58. The minimum absolute atomic E-state index is 0.150. The van der Waals surface area contributed by atoms with Crippen molar-refractivity contribution in [2.45, 2.75) is 24.9 Å². The molecule has 3 rings (SSSR count). The van der Waals surface area contributed by atoms with Crippen LogP contribution in [0.25, 0.3) is 5.57 Å². The number of amides is 3. The Bertz CT molecular complexity index is 797. The first-order valence-corrected chi connectivity index (χ1v) is 9.58. The van der Waals surface area contributed by atoms with Gasteiger partial charge in [-0.15, -0.1) is 0 Å². The smallest absolute Gasteiger partial charge is 0.407 e. The summed E-state index contributed by atoms with van der Waals surface area (Å²) in [6.45, 7) is 1.23. The number of hydrogen-bond donors (Lipinski definition) is 4. The van der Waals surface area contributed by atoms with E-state index in [2.05, 4.69) is 5.32 Å².